The van der Waals surface area contributed by atoms with Crippen LogP contribution in [-0.2, 0) is 0 Å². The Morgan fingerprint density at radius 1 is 1.17 bits per heavy atom. The highest BCUT2D eigenvalue weighted by molar-refractivity contribution is 5.85. The van der Waals surface area contributed by atoms with E-state index in [0.29, 0.717) is 11.3 Å². The van der Waals surface area contributed by atoms with E-state index in [1.165, 1.54) is 0 Å². The van der Waals surface area contributed by atoms with Gasteiger partial charge in [-0.25, -0.2) is 4.79 Å². The van der Waals surface area contributed by atoms with E-state index in [0.717, 1.165) is 11.1 Å². The van der Waals surface area contributed by atoms with Crippen molar-refractivity contribution in [2.75, 3.05) is 5.73 Å². The molecule has 0 radical (unpaired) electrons. The predicted molar refractivity (Wildman–Crippen MR) is 66.8 cm³/mol. The van der Waals surface area contributed by atoms with E-state index < -0.39 is 0 Å². The van der Waals surface area contributed by atoms with E-state index in [2.05, 4.69) is 15.1 Å². The van der Waals surface area contributed by atoms with Gasteiger partial charge in [-0.3, -0.25) is 0 Å². The lowest BCUT2D eigenvalue weighted by atomic mass is 10.00. The van der Waals surface area contributed by atoms with Crippen LogP contribution >= 0.6 is 0 Å². The van der Waals surface area contributed by atoms with Gasteiger partial charge in [0.1, 0.15) is 0 Å². The summed E-state index contributed by atoms with van der Waals surface area (Å²) in [6.07, 6.45) is 3.17. The number of benzene rings is 1. The summed E-state index contributed by atoms with van der Waals surface area (Å²) in [5.74, 6) is 0.250. The maximum atomic E-state index is 11.2. The van der Waals surface area contributed by atoms with E-state index in [9.17, 15) is 4.79 Å². The summed E-state index contributed by atoms with van der Waals surface area (Å²) in [7, 11) is 0. The summed E-state index contributed by atoms with van der Waals surface area (Å²) in [5.41, 5.74) is 8.56. The summed E-state index contributed by atoms with van der Waals surface area (Å²) in [6.45, 7) is 0. The van der Waals surface area contributed by atoms with E-state index in [1.807, 2.05) is 24.3 Å². The Kier molecular flexibility index (Phi) is 2.26. The zero-order valence-electron chi connectivity index (χ0n) is 9.31. The maximum absolute atomic E-state index is 11.2. The molecule has 2 aromatic heterocycles. The zero-order chi connectivity index (χ0) is 12.5. The minimum absolute atomic E-state index is 0.250. The highest BCUT2D eigenvalue weighted by Crippen LogP contribution is 2.33. The molecule has 0 bridgehead atoms. The summed E-state index contributed by atoms with van der Waals surface area (Å²) in [5, 5.41) is 3.66. The quantitative estimate of drug-likeness (QED) is 0.635. The lowest BCUT2D eigenvalue weighted by molar-refractivity contribution is 0.436. The van der Waals surface area contributed by atoms with Gasteiger partial charge in [-0.2, -0.15) is 0 Å². The Hall–Kier alpha value is -2.76. The number of rotatable bonds is 2. The minimum Gasteiger partial charge on any atom is -0.367 e. The average Bonchev–Trinajstić information content (AvgIpc) is 2.98. The number of nitrogens with zero attached hydrogens (tertiary/aromatic N) is 1. The molecule has 0 saturated heterocycles. The van der Waals surface area contributed by atoms with Crippen LogP contribution in [0.2, 0.25) is 0 Å². The molecule has 6 heteroatoms. The van der Waals surface area contributed by atoms with Crippen LogP contribution in [-0.4, -0.2) is 15.1 Å². The van der Waals surface area contributed by atoms with Crippen LogP contribution in [0.15, 0.2) is 46.0 Å². The monoisotopic (exact) mass is 242 g/mol. The lowest BCUT2D eigenvalue weighted by Crippen LogP contribution is -2.00. The standard InChI is InChI=1S/C12H10N4O2/c13-11-9(5-15-18-11)7-3-1-2-4-8(7)10-6-14-12(17)16-10/h1-6H,13H2,(H2,14,16,17). The van der Waals surface area contributed by atoms with Crippen LogP contribution in [0.1, 0.15) is 0 Å². The first kappa shape index (κ1) is 10.4. The van der Waals surface area contributed by atoms with Crippen molar-refractivity contribution < 1.29 is 4.52 Å². The van der Waals surface area contributed by atoms with Crippen LogP contribution in [0.25, 0.3) is 22.4 Å². The van der Waals surface area contributed by atoms with Gasteiger partial charge >= 0.3 is 5.69 Å². The number of nitrogen functional groups attached to an aromatic ring is 1. The molecule has 18 heavy (non-hydrogen) atoms. The fourth-order valence-corrected chi connectivity index (χ4v) is 1.88. The van der Waals surface area contributed by atoms with Crippen molar-refractivity contribution in [3.8, 4) is 22.4 Å². The lowest BCUT2D eigenvalue weighted by Gasteiger charge is -2.05. The van der Waals surface area contributed by atoms with Gasteiger partial charge in [0, 0.05) is 11.8 Å². The SMILES string of the molecule is Nc1oncc1-c1ccccc1-c1c[nH]c(=O)[nH]1. The molecular weight excluding hydrogens is 232 g/mol. The first-order chi connectivity index (χ1) is 8.75. The topological polar surface area (TPSA) is 101 Å². The maximum Gasteiger partial charge on any atom is 0.323 e. The molecule has 0 amide bonds. The molecule has 0 spiro atoms. The molecule has 4 N–H and O–H groups in total. The fourth-order valence-electron chi connectivity index (χ4n) is 1.88. The van der Waals surface area contributed by atoms with Gasteiger partial charge < -0.3 is 20.2 Å². The number of aromatic nitrogens is 3. The smallest absolute Gasteiger partial charge is 0.323 e. The van der Waals surface area contributed by atoms with Crippen molar-refractivity contribution in [1.82, 2.24) is 15.1 Å². The summed E-state index contributed by atoms with van der Waals surface area (Å²) in [6, 6.07) is 7.55. The highest BCUT2D eigenvalue weighted by Gasteiger charge is 2.13. The second-order valence-corrected chi connectivity index (χ2v) is 3.81. The fraction of sp³-hybridized carbons (Fsp3) is 0. The normalized spacial score (nSPS) is 10.7. The number of imidazole rings is 1. The van der Waals surface area contributed by atoms with Crippen LogP contribution in [0.5, 0.6) is 0 Å². The molecule has 0 aliphatic carbocycles. The molecule has 0 atom stereocenters. The van der Waals surface area contributed by atoms with Gasteiger partial charge in [0.15, 0.2) is 0 Å². The first-order valence-electron chi connectivity index (χ1n) is 5.33. The molecular formula is C12H10N4O2. The number of H-pyrrole nitrogens is 2. The van der Waals surface area contributed by atoms with Crippen LogP contribution in [0, 0.1) is 0 Å². The molecule has 0 aliphatic rings. The summed E-state index contributed by atoms with van der Waals surface area (Å²) >= 11 is 0. The predicted octanol–water partition coefficient (Wildman–Crippen LogP) is 1.61. The molecule has 6 nitrogen and oxygen atoms in total. The van der Waals surface area contributed by atoms with Gasteiger partial charge in [0.2, 0.25) is 5.88 Å². The van der Waals surface area contributed by atoms with Gasteiger partial charge in [0.05, 0.1) is 17.5 Å². The van der Waals surface area contributed by atoms with Crippen molar-refractivity contribution in [1.29, 1.82) is 0 Å². The Balaban J connectivity index is 2.23. The number of hydrogen-bond acceptors (Lipinski definition) is 4. The molecule has 0 aliphatic heterocycles. The largest absolute Gasteiger partial charge is 0.367 e. The minimum atomic E-state index is -0.252. The third-order valence-electron chi connectivity index (χ3n) is 2.70. The Labute approximate surface area is 101 Å². The second kappa shape index (κ2) is 3.92. The van der Waals surface area contributed by atoms with Gasteiger partial charge in [-0.15, -0.1) is 0 Å². The Bertz CT molecular complexity index is 738. The van der Waals surface area contributed by atoms with Gasteiger partial charge in [-0.1, -0.05) is 29.4 Å². The van der Waals surface area contributed by atoms with Crippen molar-refractivity contribution in [3.05, 3.63) is 47.1 Å². The summed E-state index contributed by atoms with van der Waals surface area (Å²) < 4.78 is 4.86. The first-order valence-corrected chi connectivity index (χ1v) is 5.33. The van der Waals surface area contributed by atoms with Crippen LogP contribution in [0.4, 0.5) is 5.88 Å². The molecule has 3 rings (SSSR count). The average molecular weight is 242 g/mol. The third kappa shape index (κ3) is 1.60. The van der Waals surface area contributed by atoms with E-state index in [1.54, 1.807) is 12.4 Å². The van der Waals surface area contributed by atoms with Crippen molar-refractivity contribution in [3.63, 3.8) is 0 Å². The van der Waals surface area contributed by atoms with E-state index in [-0.39, 0.29) is 11.6 Å². The summed E-state index contributed by atoms with van der Waals surface area (Å²) in [4.78, 5) is 16.4. The number of nitrogens with two attached hydrogens (primary N) is 1. The number of anilines is 1. The Morgan fingerprint density at radius 3 is 2.56 bits per heavy atom. The molecule has 0 fully saturated rings. The number of aromatic amines is 2. The van der Waals surface area contributed by atoms with Gasteiger partial charge in [-0.05, 0) is 5.56 Å². The molecule has 0 saturated carbocycles. The number of hydrogen-bond donors (Lipinski definition) is 3. The molecule has 0 unspecified atom stereocenters. The van der Waals surface area contributed by atoms with Crippen LogP contribution in [0.3, 0.4) is 0 Å². The second-order valence-electron chi connectivity index (χ2n) is 3.81. The number of nitrogens with one attached hydrogen (secondary N) is 2. The third-order valence-corrected chi connectivity index (χ3v) is 2.70. The van der Waals surface area contributed by atoms with E-state index >= 15 is 0 Å². The van der Waals surface area contributed by atoms with Crippen molar-refractivity contribution in [2.45, 2.75) is 0 Å². The van der Waals surface area contributed by atoms with E-state index in [4.69, 9.17) is 10.3 Å². The molecule has 1 aromatic carbocycles. The van der Waals surface area contributed by atoms with Crippen molar-refractivity contribution >= 4 is 5.88 Å². The highest BCUT2D eigenvalue weighted by atomic mass is 16.5. The molecule has 90 valence electrons. The molecule has 3 aromatic rings. The zero-order valence-corrected chi connectivity index (χ0v) is 9.31. The van der Waals surface area contributed by atoms with Crippen molar-refractivity contribution in [2.24, 2.45) is 0 Å². The van der Waals surface area contributed by atoms with Gasteiger partial charge in [0.25, 0.3) is 0 Å². The Morgan fingerprint density at radius 2 is 1.94 bits per heavy atom. The van der Waals surface area contributed by atoms with Crippen LogP contribution < -0.4 is 11.4 Å². The molecule has 2 heterocycles.